The predicted octanol–water partition coefficient (Wildman–Crippen LogP) is 2.99. The van der Waals surface area contributed by atoms with Crippen LogP contribution in [0.2, 0.25) is 0 Å². The minimum absolute atomic E-state index is 0.151. The summed E-state index contributed by atoms with van der Waals surface area (Å²) in [6.07, 6.45) is 4.17. The Balaban J connectivity index is 3.80. The maximum absolute atomic E-state index is 5.51. The highest BCUT2D eigenvalue weighted by molar-refractivity contribution is 4.93. The number of rotatable bonds is 9. The highest BCUT2D eigenvalue weighted by Gasteiger charge is 2.19. The van der Waals surface area contributed by atoms with Crippen LogP contribution in [0.3, 0.4) is 0 Å². The second kappa shape index (κ2) is 7.89. The Morgan fingerprint density at radius 2 is 2.07 bits per heavy atom. The topological polar surface area (TPSA) is 21.3 Å². The Morgan fingerprint density at radius 3 is 2.53 bits per heavy atom. The summed E-state index contributed by atoms with van der Waals surface area (Å²) in [7, 11) is 0. The van der Waals surface area contributed by atoms with E-state index in [1.54, 1.807) is 0 Å². The van der Waals surface area contributed by atoms with Crippen LogP contribution in [0.5, 0.6) is 0 Å². The molecule has 0 aromatic heterocycles. The average molecular weight is 213 g/mol. The molecular weight excluding hydrogens is 186 g/mol. The van der Waals surface area contributed by atoms with E-state index >= 15 is 0 Å². The molecule has 0 fully saturated rings. The van der Waals surface area contributed by atoms with E-state index in [4.69, 9.17) is 4.74 Å². The van der Waals surface area contributed by atoms with Gasteiger partial charge in [0.05, 0.1) is 0 Å². The molecule has 2 heteroatoms. The molecule has 0 aromatic carbocycles. The maximum atomic E-state index is 5.51. The number of hydrogen-bond acceptors (Lipinski definition) is 2. The third kappa shape index (κ3) is 7.57. The summed E-state index contributed by atoms with van der Waals surface area (Å²) >= 11 is 0. The van der Waals surface area contributed by atoms with Crippen LogP contribution in [0.15, 0.2) is 12.7 Å². The Kier molecular flexibility index (Phi) is 7.71. The second-order valence-corrected chi connectivity index (χ2v) is 4.76. The van der Waals surface area contributed by atoms with Crippen LogP contribution in [-0.2, 0) is 4.74 Å². The van der Waals surface area contributed by atoms with Crippen molar-refractivity contribution < 1.29 is 4.74 Å². The van der Waals surface area contributed by atoms with Gasteiger partial charge >= 0.3 is 0 Å². The lowest BCUT2D eigenvalue weighted by Gasteiger charge is -2.27. The molecule has 0 aromatic rings. The summed E-state index contributed by atoms with van der Waals surface area (Å²) in [6, 6.07) is 0.529. The lowest BCUT2D eigenvalue weighted by Crippen LogP contribution is -2.35. The molecule has 0 saturated heterocycles. The molecule has 0 spiro atoms. The molecule has 0 rings (SSSR count). The molecule has 15 heavy (non-hydrogen) atoms. The molecular formula is C13H27NO. The third-order valence-corrected chi connectivity index (χ3v) is 2.57. The first-order valence-corrected chi connectivity index (χ1v) is 5.99. The molecule has 0 radical (unpaired) electrons. The Hall–Kier alpha value is -0.340. The molecule has 0 aliphatic carbocycles. The molecule has 0 bridgehead atoms. The van der Waals surface area contributed by atoms with Gasteiger partial charge in [0.1, 0.15) is 0 Å². The summed E-state index contributed by atoms with van der Waals surface area (Å²) in [6.45, 7) is 15.3. The van der Waals surface area contributed by atoms with Gasteiger partial charge in [-0.2, -0.15) is 0 Å². The van der Waals surface area contributed by atoms with E-state index in [0.717, 1.165) is 32.6 Å². The summed E-state index contributed by atoms with van der Waals surface area (Å²) in [5.41, 5.74) is 0.151. The van der Waals surface area contributed by atoms with Crippen molar-refractivity contribution in [2.24, 2.45) is 5.41 Å². The lowest BCUT2D eigenvalue weighted by molar-refractivity contribution is 0.110. The molecule has 0 saturated carbocycles. The van der Waals surface area contributed by atoms with Crippen molar-refractivity contribution in [3.05, 3.63) is 12.7 Å². The van der Waals surface area contributed by atoms with Crippen LogP contribution >= 0.6 is 0 Å². The number of nitrogens with one attached hydrogen (secondary N) is 1. The number of ether oxygens (including phenoxy) is 1. The standard InChI is InChI=1S/C13H27NO/c1-6-9-15-10-8-13(5,7-2)11-14-12(3)4/h7,12,14H,2,6,8-11H2,1,3-5H3. The van der Waals surface area contributed by atoms with E-state index in [9.17, 15) is 0 Å². The quantitative estimate of drug-likeness (QED) is 0.469. The average Bonchev–Trinajstić information content (AvgIpc) is 2.22. The van der Waals surface area contributed by atoms with Gasteiger partial charge < -0.3 is 10.1 Å². The van der Waals surface area contributed by atoms with Gasteiger partial charge in [0, 0.05) is 25.8 Å². The van der Waals surface area contributed by atoms with E-state index < -0.39 is 0 Å². The van der Waals surface area contributed by atoms with Crippen LogP contribution in [0.1, 0.15) is 40.5 Å². The van der Waals surface area contributed by atoms with Gasteiger partial charge in [0.15, 0.2) is 0 Å². The molecule has 1 unspecified atom stereocenters. The van der Waals surface area contributed by atoms with E-state index in [0.29, 0.717) is 6.04 Å². The molecule has 0 aliphatic heterocycles. The predicted molar refractivity (Wildman–Crippen MR) is 67.2 cm³/mol. The van der Waals surface area contributed by atoms with E-state index in [-0.39, 0.29) is 5.41 Å². The normalized spacial score (nSPS) is 15.3. The van der Waals surface area contributed by atoms with Gasteiger partial charge in [-0.1, -0.05) is 33.8 Å². The summed E-state index contributed by atoms with van der Waals surface area (Å²) < 4.78 is 5.51. The first-order valence-electron chi connectivity index (χ1n) is 5.99. The van der Waals surface area contributed by atoms with Gasteiger partial charge in [-0.3, -0.25) is 0 Å². The van der Waals surface area contributed by atoms with Gasteiger partial charge in [-0.05, 0) is 18.3 Å². The monoisotopic (exact) mass is 213 g/mol. The van der Waals surface area contributed by atoms with Crippen molar-refractivity contribution in [3.8, 4) is 0 Å². The lowest BCUT2D eigenvalue weighted by atomic mass is 9.87. The van der Waals surface area contributed by atoms with E-state index in [2.05, 4.69) is 39.6 Å². The molecule has 1 atom stereocenters. The zero-order chi connectivity index (χ0) is 11.7. The first-order chi connectivity index (χ1) is 7.04. The Bertz CT molecular complexity index is 168. The largest absolute Gasteiger partial charge is 0.381 e. The first kappa shape index (κ1) is 14.7. The van der Waals surface area contributed by atoms with Crippen molar-refractivity contribution in [1.82, 2.24) is 5.32 Å². The molecule has 0 amide bonds. The van der Waals surface area contributed by atoms with Crippen LogP contribution in [-0.4, -0.2) is 25.8 Å². The van der Waals surface area contributed by atoms with Gasteiger partial charge in [-0.15, -0.1) is 6.58 Å². The van der Waals surface area contributed by atoms with Crippen molar-refractivity contribution in [3.63, 3.8) is 0 Å². The van der Waals surface area contributed by atoms with Crippen molar-refractivity contribution in [1.29, 1.82) is 0 Å². The summed E-state index contributed by atoms with van der Waals surface area (Å²) in [5, 5.41) is 3.45. The Morgan fingerprint density at radius 1 is 1.40 bits per heavy atom. The second-order valence-electron chi connectivity index (χ2n) is 4.76. The van der Waals surface area contributed by atoms with E-state index in [1.807, 2.05) is 6.08 Å². The maximum Gasteiger partial charge on any atom is 0.0474 e. The van der Waals surface area contributed by atoms with Crippen LogP contribution in [0.25, 0.3) is 0 Å². The SMILES string of the molecule is C=CC(C)(CCOCCC)CNC(C)C. The number of hydrogen-bond donors (Lipinski definition) is 1. The Labute approximate surface area is 95.1 Å². The fraction of sp³-hybridized carbons (Fsp3) is 0.846. The van der Waals surface area contributed by atoms with Gasteiger partial charge in [0.2, 0.25) is 0 Å². The molecule has 1 N–H and O–H groups in total. The fourth-order valence-corrected chi connectivity index (χ4v) is 1.25. The molecule has 0 heterocycles. The van der Waals surface area contributed by atoms with Crippen molar-refractivity contribution >= 4 is 0 Å². The summed E-state index contributed by atoms with van der Waals surface area (Å²) in [5.74, 6) is 0. The van der Waals surface area contributed by atoms with Gasteiger partial charge in [-0.25, -0.2) is 0 Å². The molecule has 0 aliphatic rings. The van der Waals surface area contributed by atoms with Crippen LogP contribution in [0.4, 0.5) is 0 Å². The van der Waals surface area contributed by atoms with Crippen LogP contribution in [0, 0.1) is 5.41 Å². The molecule has 90 valence electrons. The van der Waals surface area contributed by atoms with Crippen molar-refractivity contribution in [2.75, 3.05) is 19.8 Å². The third-order valence-electron chi connectivity index (χ3n) is 2.57. The smallest absolute Gasteiger partial charge is 0.0474 e. The van der Waals surface area contributed by atoms with Crippen molar-refractivity contribution in [2.45, 2.75) is 46.6 Å². The van der Waals surface area contributed by atoms with E-state index in [1.165, 1.54) is 0 Å². The fourth-order valence-electron chi connectivity index (χ4n) is 1.25. The minimum Gasteiger partial charge on any atom is -0.381 e. The highest BCUT2D eigenvalue weighted by atomic mass is 16.5. The van der Waals surface area contributed by atoms with Gasteiger partial charge in [0.25, 0.3) is 0 Å². The minimum atomic E-state index is 0.151. The summed E-state index contributed by atoms with van der Waals surface area (Å²) in [4.78, 5) is 0. The highest BCUT2D eigenvalue weighted by Crippen LogP contribution is 2.21. The van der Waals surface area contributed by atoms with Crippen LogP contribution < -0.4 is 5.32 Å². The molecule has 2 nitrogen and oxygen atoms in total. The zero-order valence-corrected chi connectivity index (χ0v) is 10.8. The zero-order valence-electron chi connectivity index (χ0n) is 10.8.